The highest BCUT2D eigenvalue weighted by Gasteiger charge is 2.29. The number of ether oxygens (including phenoxy) is 1. The summed E-state index contributed by atoms with van der Waals surface area (Å²) < 4.78 is 30.6. The number of hydrogen-bond acceptors (Lipinski definition) is 5. The molecule has 0 N–H and O–H groups in total. The second kappa shape index (κ2) is 7.97. The number of amides is 1. The molecule has 1 amide bonds. The predicted octanol–water partition coefficient (Wildman–Crippen LogP) is 1.35. The van der Waals surface area contributed by atoms with Crippen molar-refractivity contribution in [3.05, 3.63) is 29.8 Å². The fourth-order valence-electron chi connectivity index (χ4n) is 2.76. The molecule has 1 fully saturated rings. The van der Waals surface area contributed by atoms with Gasteiger partial charge in [0.05, 0.1) is 17.4 Å². The van der Waals surface area contributed by atoms with Crippen LogP contribution in [0.3, 0.4) is 0 Å². The van der Waals surface area contributed by atoms with Gasteiger partial charge in [0.2, 0.25) is 10.0 Å². The van der Waals surface area contributed by atoms with Crippen LogP contribution in [0, 0.1) is 5.92 Å². The smallest absolute Gasteiger partial charge is 0.309 e. The summed E-state index contributed by atoms with van der Waals surface area (Å²) in [5.74, 6) is -0.615. The van der Waals surface area contributed by atoms with Gasteiger partial charge in [-0.05, 0) is 38.0 Å². The Morgan fingerprint density at radius 2 is 1.88 bits per heavy atom. The fourth-order valence-corrected chi connectivity index (χ4v) is 3.71. The van der Waals surface area contributed by atoms with E-state index in [9.17, 15) is 18.0 Å². The van der Waals surface area contributed by atoms with Crippen molar-refractivity contribution in [1.82, 2.24) is 9.21 Å². The first kappa shape index (κ1) is 19.4. The Labute approximate surface area is 148 Å². The van der Waals surface area contributed by atoms with E-state index < -0.39 is 10.0 Å². The summed E-state index contributed by atoms with van der Waals surface area (Å²) in [5.41, 5.74) is 0.331. The van der Waals surface area contributed by atoms with Crippen molar-refractivity contribution in [2.45, 2.75) is 24.7 Å². The molecule has 2 rings (SSSR count). The summed E-state index contributed by atoms with van der Waals surface area (Å²) in [6.45, 7) is 3.02. The van der Waals surface area contributed by atoms with Crippen LogP contribution in [0.15, 0.2) is 29.2 Å². The number of benzene rings is 1. The third-order valence-electron chi connectivity index (χ3n) is 4.26. The molecule has 25 heavy (non-hydrogen) atoms. The SMILES string of the molecule is CCOC(=O)C1CCN(C(=O)c2cccc(S(=O)(=O)N(C)C)c2)CC1. The van der Waals surface area contributed by atoms with Gasteiger partial charge in [0.15, 0.2) is 0 Å². The second-order valence-corrected chi connectivity index (χ2v) is 8.29. The molecule has 1 saturated heterocycles. The number of carbonyl (C=O) groups is 2. The van der Waals surface area contributed by atoms with Crippen molar-refractivity contribution in [3.63, 3.8) is 0 Å². The molecule has 0 atom stereocenters. The molecule has 0 aliphatic carbocycles. The molecule has 0 bridgehead atoms. The Morgan fingerprint density at radius 1 is 1.24 bits per heavy atom. The molecule has 0 aromatic heterocycles. The lowest BCUT2D eigenvalue weighted by Crippen LogP contribution is -2.40. The minimum Gasteiger partial charge on any atom is -0.466 e. The van der Waals surface area contributed by atoms with Crippen LogP contribution in [0.5, 0.6) is 0 Å². The largest absolute Gasteiger partial charge is 0.466 e. The van der Waals surface area contributed by atoms with Crippen LogP contribution in [0.25, 0.3) is 0 Å². The van der Waals surface area contributed by atoms with Gasteiger partial charge in [-0.2, -0.15) is 0 Å². The van der Waals surface area contributed by atoms with Crippen LogP contribution in [0.1, 0.15) is 30.1 Å². The highest BCUT2D eigenvalue weighted by molar-refractivity contribution is 7.89. The van der Waals surface area contributed by atoms with Gasteiger partial charge in [-0.15, -0.1) is 0 Å². The van der Waals surface area contributed by atoms with Crippen molar-refractivity contribution in [3.8, 4) is 0 Å². The third-order valence-corrected chi connectivity index (χ3v) is 6.07. The van der Waals surface area contributed by atoms with Crippen molar-refractivity contribution >= 4 is 21.9 Å². The van der Waals surface area contributed by atoms with E-state index in [-0.39, 0.29) is 22.7 Å². The molecule has 1 heterocycles. The average Bonchev–Trinajstić information content (AvgIpc) is 2.61. The van der Waals surface area contributed by atoms with E-state index >= 15 is 0 Å². The van der Waals surface area contributed by atoms with Crippen molar-refractivity contribution in [2.24, 2.45) is 5.92 Å². The molecule has 8 heteroatoms. The van der Waals surface area contributed by atoms with Crippen molar-refractivity contribution in [1.29, 1.82) is 0 Å². The Kier molecular flexibility index (Phi) is 6.18. The molecular formula is C17H24N2O5S. The van der Waals surface area contributed by atoms with Crippen LogP contribution in [0.4, 0.5) is 0 Å². The topological polar surface area (TPSA) is 84.0 Å². The number of esters is 1. The lowest BCUT2D eigenvalue weighted by molar-refractivity contribution is -0.149. The quantitative estimate of drug-likeness (QED) is 0.733. The Bertz CT molecular complexity index is 737. The number of piperidine rings is 1. The molecule has 1 aliphatic rings. The van der Waals surface area contributed by atoms with Crippen LogP contribution >= 0.6 is 0 Å². The van der Waals surface area contributed by atoms with E-state index in [1.165, 1.54) is 26.2 Å². The zero-order valence-electron chi connectivity index (χ0n) is 14.8. The van der Waals surface area contributed by atoms with E-state index in [0.717, 1.165) is 4.31 Å². The molecule has 1 aromatic rings. The van der Waals surface area contributed by atoms with Gasteiger partial charge >= 0.3 is 5.97 Å². The van der Waals surface area contributed by atoms with Gasteiger partial charge in [-0.1, -0.05) is 6.07 Å². The molecule has 1 aliphatic heterocycles. The first-order valence-corrected chi connectivity index (χ1v) is 9.70. The average molecular weight is 368 g/mol. The summed E-state index contributed by atoms with van der Waals surface area (Å²) >= 11 is 0. The maximum Gasteiger partial charge on any atom is 0.309 e. The molecule has 7 nitrogen and oxygen atoms in total. The van der Waals surface area contributed by atoms with Gasteiger partial charge < -0.3 is 9.64 Å². The lowest BCUT2D eigenvalue weighted by atomic mass is 9.96. The summed E-state index contributed by atoms with van der Waals surface area (Å²) in [4.78, 5) is 26.2. The van der Waals surface area contributed by atoms with Crippen LogP contribution in [0.2, 0.25) is 0 Å². The number of hydrogen-bond donors (Lipinski definition) is 0. The molecule has 0 saturated carbocycles. The van der Waals surface area contributed by atoms with E-state index in [4.69, 9.17) is 4.74 Å². The van der Waals surface area contributed by atoms with Crippen LogP contribution < -0.4 is 0 Å². The first-order chi connectivity index (χ1) is 11.8. The van der Waals surface area contributed by atoms with E-state index in [1.807, 2.05) is 0 Å². The van der Waals surface area contributed by atoms with Crippen LogP contribution in [-0.4, -0.2) is 63.3 Å². The number of likely N-dealkylation sites (tertiary alicyclic amines) is 1. The highest BCUT2D eigenvalue weighted by atomic mass is 32.2. The standard InChI is InChI=1S/C17H24N2O5S/c1-4-24-17(21)13-8-10-19(11-9-13)16(20)14-6-5-7-15(12-14)25(22,23)18(2)3/h5-7,12-13H,4,8-11H2,1-3H3. The van der Waals surface area contributed by atoms with Crippen molar-refractivity contribution < 1.29 is 22.7 Å². The number of sulfonamides is 1. The maximum atomic E-state index is 12.7. The second-order valence-electron chi connectivity index (χ2n) is 6.13. The normalized spacial score (nSPS) is 16.1. The minimum absolute atomic E-state index is 0.0877. The monoisotopic (exact) mass is 368 g/mol. The first-order valence-electron chi connectivity index (χ1n) is 8.26. The van der Waals surface area contributed by atoms with Gasteiger partial charge in [-0.25, -0.2) is 12.7 Å². The predicted molar refractivity (Wildman–Crippen MR) is 92.6 cm³/mol. The molecule has 1 aromatic carbocycles. The fraction of sp³-hybridized carbons (Fsp3) is 0.529. The summed E-state index contributed by atoms with van der Waals surface area (Å²) in [5, 5.41) is 0. The number of rotatable bonds is 5. The van der Waals surface area contributed by atoms with Gasteiger partial charge in [-0.3, -0.25) is 9.59 Å². The zero-order chi connectivity index (χ0) is 18.6. The van der Waals surface area contributed by atoms with Crippen molar-refractivity contribution in [2.75, 3.05) is 33.8 Å². The minimum atomic E-state index is -3.59. The Balaban J connectivity index is 2.09. The molecule has 0 spiro atoms. The lowest BCUT2D eigenvalue weighted by Gasteiger charge is -2.31. The molecule has 0 unspecified atom stereocenters. The summed E-state index contributed by atoms with van der Waals surface area (Å²) in [7, 11) is -0.692. The van der Waals surface area contributed by atoms with E-state index in [2.05, 4.69) is 0 Å². The maximum absolute atomic E-state index is 12.7. The molecule has 138 valence electrons. The Hall–Kier alpha value is -1.93. The third kappa shape index (κ3) is 4.38. The van der Waals surface area contributed by atoms with Gasteiger partial charge in [0, 0.05) is 32.7 Å². The Morgan fingerprint density at radius 3 is 2.44 bits per heavy atom. The van der Waals surface area contributed by atoms with E-state index in [1.54, 1.807) is 24.0 Å². The number of nitrogens with zero attached hydrogens (tertiary/aromatic N) is 2. The van der Waals surface area contributed by atoms with Crippen LogP contribution in [-0.2, 0) is 19.6 Å². The van der Waals surface area contributed by atoms with Gasteiger partial charge in [0.1, 0.15) is 0 Å². The summed E-state index contributed by atoms with van der Waals surface area (Å²) in [6, 6.07) is 6.04. The number of carbonyl (C=O) groups excluding carboxylic acids is 2. The highest BCUT2D eigenvalue weighted by Crippen LogP contribution is 2.22. The summed E-state index contributed by atoms with van der Waals surface area (Å²) in [6.07, 6.45) is 1.11. The molecule has 0 radical (unpaired) electrons. The van der Waals surface area contributed by atoms with E-state index in [0.29, 0.717) is 38.1 Å². The molecular weight excluding hydrogens is 344 g/mol. The zero-order valence-corrected chi connectivity index (χ0v) is 15.6. The van der Waals surface area contributed by atoms with Gasteiger partial charge in [0.25, 0.3) is 5.91 Å².